The quantitative estimate of drug-likeness (QED) is 0.794. The number of fused-ring (bicyclic) bond motifs is 2. The highest BCUT2D eigenvalue weighted by molar-refractivity contribution is 5.77. The summed E-state index contributed by atoms with van der Waals surface area (Å²) in [6.45, 7) is 2.56. The molecule has 1 aromatic carbocycles. The predicted octanol–water partition coefficient (Wildman–Crippen LogP) is 3.38. The monoisotopic (exact) mass is 397 g/mol. The summed E-state index contributed by atoms with van der Waals surface area (Å²) in [7, 11) is 0. The number of hydrogen-bond acceptors (Lipinski definition) is 3. The van der Waals surface area contributed by atoms with E-state index in [0.29, 0.717) is 30.9 Å². The molecule has 4 aliphatic heterocycles. The second kappa shape index (κ2) is 7.48. The van der Waals surface area contributed by atoms with Crippen molar-refractivity contribution in [3.63, 3.8) is 0 Å². The molecule has 2 bridgehead atoms. The van der Waals surface area contributed by atoms with Crippen LogP contribution in [0.1, 0.15) is 36.3 Å². The minimum Gasteiger partial charge on any atom is -0.337 e. The maximum atomic E-state index is 13.9. The lowest BCUT2D eigenvalue weighted by atomic mass is 9.75. The van der Waals surface area contributed by atoms with Gasteiger partial charge in [-0.3, -0.25) is 14.7 Å². The molecule has 4 fully saturated rings. The summed E-state index contributed by atoms with van der Waals surface area (Å²) in [5.41, 5.74) is 1.72. The Kier molecular flexibility index (Phi) is 4.82. The van der Waals surface area contributed by atoms with Crippen molar-refractivity contribution in [1.29, 1.82) is 0 Å². The molecule has 2 aromatic rings. The number of hydrogen-bond donors (Lipinski definition) is 0. The van der Waals surface area contributed by atoms with Gasteiger partial charge in [0.15, 0.2) is 0 Å². The lowest BCUT2D eigenvalue weighted by Gasteiger charge is -2.51. The fourth-order valence-corrected chi connectivity index (χ4v) is 5.73. The van der Waals surface area contributed by atoms with Crippen molar-refractivity contribution in [2.24, 2.45) is 5.92 Å². The number of pyridine rings is 1. The number of aryl methyl sites for hydroxylation is 1. The average molecular weight is 397 g/mol. The van der Waals surface area contributed by atoms with E-state index in [0.717, 1.165) is 37.6 Å². The molecule has 0 spiro atoms. The van der Waals surface area contributed by atoms with Gasteiger partial charge in [0.05, 0.1) is 6.04 Å². The molecule has 1 amide bonds. The molecule has 1 aromatic heterocycles. The van der Waals surface area contributed by atoms with Crippen LogP contribution in [-0.2, 0) is 11.2 Å². The number of carbonyl (C=O) groups is 1. The van der Waals surface area contributed by atoms with Crippen molar-refractivity contribution in [3.8, 4) is 0 Å². The summed E-state index contributed by atoms with van der Waals surface area (Å²) in [4.78, 5) is 21.8. The smallest absolute Gasteiger partial charge is 0.223 e. The predicted molar refractivity (Wildman–Crippen MR) is 105 cm³/mol. The first kappa shape index (κ1) is 18.7. The van der Waals surface area contributed by atoms with Gasteiger partial charge in [0.1, 0.15) is 11.6 Å². The van der Waals surface area contributed by atoms with E-state index in [4.69, 9.17) is 0 Å². The average Bonchev–Trinajstić information content (AvgIpc) is 3.16. The van der Waals surface area contributed by atoms with Gasteiger partial charge in [-0.05, 0) is 67.6 Å². The van der Waals surface area contributed by atoms with E-state index >= 15 is 0 Å². The van der Waals surface area contributed by atoms with Crippen LogP contribution in [0.25, 0.3) is 0 Å². The van der Waals surface area contributed by atoms with Gasteiger partial charge < -0.3 is 4.90 Å². The van der Waals surface area contributed by atoms with Crippen LogP contribution < -0.4 is 0 Å². The lowest BCUT2D eigenvalue weighted by Crippen LogP contribution is -2.60. The van der Waals surface area contributed by atoms with Gasteiger partial charge in [0.2, 0.25) is 5.91 Å². The van der Waals surface area contributed by atoms with Gasteiger partial charge in [0, 0.05) is 43.4 Å². The van der Waals surface area contributed by atoms with Crippen LogP contribution in [0.5, 0.6) is 0 Å². The van der Waals surface area contributed by atoms with Crippen LogP contribution in [0.3, 0.4) is 0 Å². The number of likely N-dealkylation sites (tertiary alicyclic amines) is 1. The Morgan fingerprint density at radius 1 is 1.10 bits per heavy atom. The van der Waals surface area contributed by atoms with Gasteiger partial charge >= 0.3 is 0 Å². The van der Waals surface area contributed by atoms with E-state index in [-0.39, 0.29) is 23.9 Å². The van der Waals surface area contributed by atoms with Crippen molar-refractivity contribution in [2.45, 2.75) is 43.7 Å². The highest BCUT2D eigenvalue weighted by Gasteiger charge is 2.54. The van der Waals surface area contributed by atoms with E-state index in [1.807, 2.05) is 17.0 Å². The van der Waals surface area contributed by atoms with Crippen LogP contribution in [0, 0.1) is 17.6 Å². The Morgan fingerprint density at radius 2 is 1.86 bits per heavy atom. The molecule has 4 nitrogen and oxygen atoms in total. The molecule has 3 atom stereocenters. The zero-order valence-electron chi connectivity index (χ0n) is 16.3. The van der Waals surface area contributed by atoms with E-state index in [9.17, 15) is 13.6 Å². The van der Waals surface area contributed by atoms with E-state index in [1.54, 1.807) is 12.4 Å². The van der Waals surface area contributed by atoms with Crippen molar-refractivity contribution in [1.82, 2.24) is 14.8 Å². The highest BCUT2D eigenvalue weighted by Crippen LogP contribution is 2.46. The molecule has 4 saturated heterocycles. The molecule has 0 aliphatic carbocycles. The van der Waals surface area contributed by atoms with Gasteiger partial charge in [-0.1, -0.05) is 6.07 Å². The molecular weight excluding hydrogens is 372 g/mol. The second-order valence-corrected chi connectivity index (χ2v) is 8.57. The number of rotatable bonds is 4. The SMILES string of the molecule is O=C(CCc1cccnc1)N1C[C@@H](c2cc(F)cc(F)c2)[C@@H]2[C@H]1C1CCN2CC1. The van der Waals surface area contributed by atoms with Crippen molar-refractivity contribution < 1.29 is 13.6 Å². The summed E-state index contributed by atoms with van der Waals surface area (Å²) in [6, 6.07) is 7.98. The Hall–Kier alpha value is -2.34. The number of piperidine rings is 3. The first-order valence-electron chi connectivity index (χ1n) is 10.5. The van der Waals surface area contributed by atoms with Gasteiger partial charge in [-0.2, -0.15) is 0 Å². The zero-order valence-corrected chi connectivity index (χ0v) is 16.3. The Labute approximate surface area is 169 Å². The minimum absolute atomic E-state index is 0.0457. The van der Waals surface area contributed by atoms with Crippen LogP contribution >= 0.6 is 0 Å². The topological polar surface area (TPSA) is 36.4 Å². The van der Waals surface area contributed by atoms with Gasteiger partial charge in [0.25, 0.3) is 0 Å². The van der Waals surface area contributed by atoms with Crippen LogP contribution in [0.2, 0.25) is 0 Å². The molecule has 6 rings (SSSR count). The summed E-state index contributed by atoms with van der Waals surface area (Å²) in [6.07, 6.45) is 6.81. The van der Waals surface area contributed by atoms with E-state index < -0.39 is 11.6 Å². The molecule has 5 heterocycles. The normalized spacial score (nSPS) is 30.4. The fourth-order valence-electron chi connectivity index (χ4n) is 5.73. The highest BCUT2D eigenvalue weighted by atomic mass is 19.1. The molecule has 0 unspecified atom stereocenters. The number of halogens is 2. The van der Waals surface area contributed by atoms with Crippen LogP contribution in [0.4, 0.5) is 8.78 Å². The number of nitrogens with zero attached hydrogens (tertiary/aromatic N) is 3. The Bertz CT molecular complexity index is 878. The third-order valence-corrected chi connectivity index (χ3v) is 6.98. The van der Waals surface area contributed by atoms with Gasteiger partial charge in [-0.25, -0.2) is 8.78 Å². The third-order valence-electron chi connectivity index (χ3n) is 6.98. The van der Waals surface area contributed by atoms with E-state index in [1.165, 1.54) is 12.1 Å². The summed E-state index contributed by atoms with van der Waals surface area (Å²) < 4.78 is 27.8. The van der Waals surface area contributed by atoms with Crippen LogP contribution in [0.15, 0.2) is 42.7 Å². The maximum Gasteiger partial charge on any atom is 0.223 e. The summed E-state index contributed by atoms with van der Waals surface area (Å²) in [5, 5.41) is 0. The largest absolute Gasteiger partial charge is 0.337 e. The number of carbonyl (C=O) groups excluding carboxylic acids is 1. The molecular formula is C23H25F2N3O. The molecule has 29 heavy (non-hydrogen) atoms. The molecule has 0 N–H and O–H groups in total. The molecule has 6 heteroatoms. The van der Waals surface area contributed by atoms with Crippen molar-refractivity contribution in [3.05, 3.63) is 65.5 Å². The molecule has 0 radical (unpaired) electrons. The third kappa shape index (κ3) is 3.44. The first-order chi connectivity index (χ1) is 14.1. The second-order valence-electron chi connectivity index (χ2n) is 8.57. The van der Waals surface area contributed by atoms with Crippen LogP contribution in [-0.4, -0.2) is 52.4 Å². The number of benzene rings is 1. The Balaban J connectivity index is 1.41. The maximum absolute atomic E-state index is 13.9. The Morgan fingerprint density at radius 3 is 2.55 bits per heavy atom. The molecule has 4 aliphatic rings. The van der Waals surface area contributed by atoms with Crippen molar-refractivity contribution in [2.75, 3.05) is 19.6 Å². The summed E-state index contributed by atoms with van der Waals surface area (Å²) in [5.74, 6) is -0.522. The first-order valence-corrected chi connectivity index (χ1v) is 10.5. The fraction of sp³-hybridized carbons (Fsp3) is 0.478. The lowest BCUT2D eigenvalue weighted by molar-refractivity contribution is -0.135. The van der Waals surface area contributed by atoms with E-state index in [2.05, 4.69) is 9.88 Å². The number of amides is 1. The molecule has 0 saturated carbocycles. The van der Waals surface area contributed by atoms with Gasteiger partial charge in [-0.15, -0.1) is 0 Å². The van der Waals surface area contributed by atoms with Crippen molar-refractivity contribution >= 4 is 5.91 Å². The zero-order chi connectivity index (χ0) is 20.0. The number of aromatic nitrogens is 1. The minimum atomic E-state index is -0.547. The summed E-state index contributed by atoms with van der Waals surface area (Å²) >= 11 is 0. The standard InChI is InChI=1S/C23H25F2N3O/c24-18-10-17(11-19(25)12-18)20-14-28(21(29)4-3-15-2-1-7-26-13-15)22-16-5-8-27(9-6-16)23(20)22/h1-2,7,10-13,16,20,22-23H,3-6,8-9,14H2/t20-,22+,23+/m0/s1. The molecule has 152 valence electrons.